The number of hydrogen-bond acceptors (Lipinski definition) is 7. The van der Waals surface area contributed by atoms with Gasteiger partial charge >= 0.3 is 6.43 Å². The summed E-state index contributed by atoms with van der Waals surface area (Å²) >= 11 is 0. The lowest BCUT2D eigenvalue weighted by atomic mass is 10.2. The molecule has 0 spiro atoms. The molecule has 3 heterocycles. The molecule has 0 unspecified atom stereocenters. The lowest BCUT2D eigenvalue weighted by molar-refractivity contribution is 0.116. The van der Waals surface area contributed by atoms with Crippen LogP contribution in [-0.2, 0) is 6.61 Å². The number of aryl methyl sites for hydroxylation is 1. The highest BCUT2D eigenvalue weighted by molar-refractivity contribution is 5.85. The Morgan fingerprint density at radius 3 is 2.77 bits per heavy atom. The minimum absolute atomic E-state index is 0.00914. The molecule has 4 rings (SSSR count). The molecule has 0 fully saturated rings. The van der Waals surface area contributed by atoms with E-state index in [4.69, 9.17) is 13.7 Å². The number of alkyl halides is 2. The van der Waals surface area contributed by atoms with Crippen LogP contribution in [0.3, 0.4) is 0 Å². The summed E-state index contributed by atoms with van der Waals surface area (Å²) in [7, 11) is 0. The van der Waals surface area contributed by atoms with Gasteiger partial charge in [-0.3, -0.25) is 4.98 Å². The maximum atomic E-state index is 12.5. The topological polar surface area (TPSA) is 87.1 Å². The molecule has 0 aliphatic heterocycles. The van der Waals surface area contributed by atoms with Crippen molar-refractivity contribution < 1.29 is 22.5 Å². The van der Waals surface area contributed by atoms with Crippen LogP contribution < -0.4 is 4.74 Å². The first-order valence-electron chi connectivity index (χ1n) is 7.66. The van der Waals surface area contributed by atoms with Crippen molar-refractivity contribution >= 4 is 11.0 Å². The summed E-state index contributed by atoms with van der Waals surface area (Å²) in [5.41, 5.74) is 2.48. The smallest absolute Gasteiger partial charge is 0.314 e. The van der Waals surface area contributed by atoms with E-state index in [9.17, 15) is 8.78 Å². The van der Waals surface area contributed by atoms with Crippen molar-refractivity contribution in [2.75, 3.05) is 0 Å². The van der Waals surface area contributed by atoms with Crippen molar-refractivity contribution in [1.82, 2.24) is 20.3 Å². The van der Waals surface area contributed by atoms with Gasteiger partial charge in [0.05, 0.1) is 22.3 Å². The Labute approximate surface area is 145 Å². The van der Waals surface area contributed by atoms with E-state index in [0.29, 0.717) is 22.6 Å². The molecule has 7 nitrogen and oxygen atoms in total. The summed E-state index contributed by atoms with van der Waals surface area (Å²) in [6.45, 7) is 2.06. The van der Waals surface area contributed by atoms with Crippen LogP contribution in [0.4, 0.5) is 8.78 Å². The van der Waals surface area contributed by atoms with Crippen LogP contribution in [0, 0.1) is 6.92 Å². The van der Waals surface area contributed by atoms with Gasteiger partial charge in [-0.15, -0.1) is 10.2 Å². The zero-order chi connectivity index (χ0) is 18.1. The van der Waals surface area contributed by atoms with Gasteiger partial charge in [0, 0.05) is 6.20 Å². The van der Waals surface area contributed by atoms with Crippen LogP contribution in [0.25, 0.3) is 22.4 Å². The molecule has 26 heavy (non-hydrogen) atoms. The number of aromatic nitrogens is 4. The van der Waals surface area contributed by atoms with Crippen LogP contribution >= 0.6 is 0 Å². The van der Waals surface area contributed by atoms with Gasteiger partial charge in [0.2, 0.25) is 5.89 Å². The van der Waals surface area contributed by atoms with Gasteiger partial charge in [0.25, 0.3) is 5.89 Å². The molecular formula is C17H12F2N4O3. The Kier molecular flexibility index (Phi) is 4.04. The molecule has 0 atom stereocenters. The maximum Gasteiger partial charge on any atom is 0.314 e. The number of fused-ring (bicyclic) bond motifs is 1. The molecule has 0 bridgehead atoms. The molecule has 0 saturated carbocycles. The van der Waals surface area contributed by atoms with Gasteiger partial charge in [-0.1, -0.05) is 11.2 Å². The first kappa shape index (κ1) is 16.1. The van der Waals surface area contributed by atoms with E-state index in [-0.39, 0.29) is 12.5 Å². The SMILES string of the molecule is Cc1noc2cccc(OCc3ccc(-c4nnc(C(F)F)o4)cn3)c12. The third-order valence-corrected chi connectivity index (χ3v) is 3.71. The summed E-state index contributed by atoms with van der Waals surface area (Å²) in [4.78, 5) is 4.24. The van der Waals surface area contributed by atoms with Crippen molar-refractivity contribution in [2.45, 2.75) is 20.0 Å². The van der Waals surface area contributed by atoms with Crippen molar-refractivity contribution in [3.8, 4) is 17.2 Å². The molecule has 0 amide bonds. The van der Waals surface area contributed by atoms with Gasteiger partial charge in [-0.25, -0.2) is 0 Å². The van der Waals surface area contributed by atoms with Crippen LogP contribution in [-0.4, -0.2) is 20.3 Å². The average Bonchev–Trinajstić information content (AvgIpc) is 3.28. The zero-order valence-electron chi connectivity index (χ0n) is 13.5. The Balaban J connectivity index is 1.49. The summed E-state index contributed by atoms with van der Waals surface area (Å²) in [5, 5.41) is 11.6. The van der Waals surface area contributed by atoms with E-state index < -0.39 is 12.3 Å². The molecule has 9 heteroatoms. The van der Waals surface area contributed by atoms with Gasteiger partial charge in [-0.05, 0) is 31.2 Å². The van der Waals surface area contributed by atoms with E-state index in [0.717, 1.165) is 11.1 Å². The molecule has 0 radical (unpaired) electrons. The minimum atomic E-state index is -2.81. The largest absolute Gasteiger partial charge is 0.486 e. The van der Waals surface area contributed by atoms with Crippen molar-refractivity contribution in [2.24, 2.45) is 0 Å². The Bertz CT molecular complexity index is 1040. The molecule has 0 N–H and O–H groups in total. The Hall–Kier alpha value is -3.36. The normalized spacial score (nSPS) is 11.4. The van der Waals surface area contributed by atoms with Gasteiger partial charge in [0.1, 0.15) is 12.4 Å². The predicted molar refractivity (Wildman–Crippen MR) is 85.6 cm³/mol. The molecule has 0 aliphatic carbocycles. The third-order valence-electron chi connectivity index (χ3n) is 3.71. The first-order valence-corrected chi connectivity index (χ1v) is 7.66. The fourth-order valence-electron chi connectivity index (χ4n) is 2.45. The second-order valence-electron chi connectivity index (χ2n) is 5.47. The summed E-state index contributed by atoms with van der Waals surface area (Å²) < 4.78 is 40.9. The molecule has 132 valence electrons. The second kappa shape index (κ2) is 6.51. The van der Waals surface area contributed by atoms with Crippen LogP contribution in [0.1, 0.15) is 23.7 Å². The number of rotatable bonds is 5. The molecule has 3 aromatic heterocycles. The van der Waals surface area contributed by atoms with Gasteiger partial charge < -0.3 is 13.7 Å². The van der Waals surface area contributed by atoms with E-state index in [1.807, 2.05) is 25.1 Å². The van der Waals surface area contributed by atoms with Gasteiger partial charge in [-0.2, -0.15) is 8.78 Å². The quantitative estimate of drug-likeness (QED) is 0.531. The second-order valence-corrected chi connectivity index (χ2v) is 5.47. The minimum Gasteiger partial charge on any atom is -0.486 e. The standard InChI is InChI=1S/C17H12F2N4O3/c1-9-14-12(3-2-4-13(14)26-23-9)24-8-11-6-5-10(7-20-11)16-21-22-17(25-16)15(18)19/h2-7,15H,8H2,1H3. The van der Waals surface area contributed by atoms with Crippen LogP contribution in [0.2, 0.25) is 0 Å². The van der Waals surface area contributed by atoms with E-state index >= 15 is 0 Å². The van der Waals surface area contributed by atoms with Crippen LogP contribution in [0.15, 0.2) is 45.5 Å². The third kappa shape index (κ3) is 2.99. The molecular weight excluding hydrogens is 346 g/mol. The van der Waals surface area contributed by atoms with Crippen LogP contribution in [0.5, 0.6) is 5.75 Å². The van der Waals surface area contributed by atoms with E-state index in [1.165, 1.54) is 6.20 Å². The number of halogens is 2. The van der Waals surface area contributed by atoms with E-state index in [1.54, 1.807) is 12.1 Å². The van der Waals surface area contributed by atoms with Crippen molar-refractivity contribution in [1.29, 1.82) is 0 Å². The number of hydrogen-bond donors (Lipinski definition) is 0. The number of benzene rings is 1. The number of ether oxygens (including phenoxy) is 1. The lowest BCUT2D eigenvalue weighted by Crippen LogP contribution is -1.98. The highest BCUT2D eigenvalue weighted by Crippen LogP contribution is 2.29. The van der Waals surface area contributed by atoms with Gasteiger partial charge in [0.15, 0.2) is 5.58 Å². The lowest BCUT2D eigenvalue weighted by Gasteiger charge is -2.07. The zero-order valence-corrected chi connectivity index (χ0v) is 13.5. The van der Waals surface area contributed by atoms with Crippen molar-refractivity contribution in [3.63, 3.8) is 0 Å². The molecule has 1 aromatic carbocycles. The fraction of sp³-hybridized carbons (Fsp3) is 0.176. The summed E-state index contributed by atoms with van der Waals surface area (Å²) in [6.07, 6.45) is -1.34. The van der Waals surface area contributed by atoms with Crippen molar-refractivity contribution in [3.05, 3.63) is 53.8 Å². The monoisotopic (exact) mass is 358 g/mol. The van der Waals surface area contributed by atoms with E-state index in [2.05, 4.69) is 20.3 Å². The number of pyridine rings is 1. The summed E-state index contributed by atoms with van der Waals surface area (Å²) in [6, 6.07) is 8.80. The predicted octanol–water partition coefficient (Wildman–Crippen LogP) is 4.10. The highest BCUT2D eigenvalue weighted by atomic mass is 19.3. The number of nitrogens with zero attached hydrogens (tertiary/aromatic N) is 4. The molecule has 4 aromatic rings. The Morgan fingerprint density at radius 1 is 1.15 bits per heavy atom. The summed E-state index contributed by atoms with van der Waals surface area (Å²) in [5.74, 6) is -0.0830. The Morgan fingerprint density at radius 2 is 2.04 bits per heavy atom. The molecule has 0 saturated heterocycles. The first-order chi connectivity index (χ1) is 12.6. The fourth-order valence-corrected chi connectivity index (χ4v) is 2.45. The maximum absolute atomic E-state index is 12.5. The highest BCUT2D eigenvalue weighted by Gasteiger charge is 2.17. The average molecular weight is 358 g/mol. The molecule has 0 aliphatic rings.